The lowest BCUT2D eigenvalue weighted by atomic mass is 10.0. The molecule has 1 unspecified atom stereocenters. The van der Waals surface area contributed by atoms with Crippen LogP contribution in [0.1, 0.15) is 182 Å². The van der Waals surface area contributed by atoms with E-state index in [0.717, 1.165) is 77.5 Å². The zero-order chi connectivity index (χ0) is 36.4. The van der Waals surface area contributed by atoms with Crippen molar-refractivity contribution in [1.29, 1.82) is 0 Å². The maximum atomic E-state index is 12.6. The molecule has 49 heavy (non-hydrogen) atoms. The largest absolute Gasteiger partial charge is 0.508 e. The summed E-state index contributed by atoms with van der Waals surface area (Å²) in [4.78, 5) is 27.0. The van der Waals surface area contributed by atoms with E-state index in [0.29, 0.717) is 31.3 Å². The first-order chi connectivity index (χ1) is 23.8. The number of carbonyl (C=O) groups is 2. The van der Waals surface area contributed by atoms with Gasteiger partial charge in [-0.1, -0.05) is 118 Å². The standard InChI is InChI=1S/C41H81NO7/c1-8-13-14-15-16-17-18-19-20-21-25-38(49-41(44)48-32-24-31-42(6)7)30-35-45-39(43)26-22-23-27-40(46-33-28-36(9-2)10-3)47-34-29-37(11-4)12-5/h36-38,40H,8-35H2,1-7H3. The molecule has 0 aliphatic carbocycles. The highest BCUT2D eigenvalue weighted by atomic mass is 16.7. The van der Waals surface area contributed by atoms with Gasteiger partial charge in [-0.05, 0) is 77.3 Å². The van der Waals surface area contributed by atoms with Crippen LogP contribution in [0.3, 0.4) is 0 Å². The summed E-state index contributed by atoms with van der Waals surface area (Å²) in [5.74, 6) is 1.18. The molecule has 0 spiro atoms. The lowest BCUT2D eigenvalue weighted by Crippen LogP contribution is -2.23. The van der Waals surface area contributed by atoms with Gasteiger partial charge in [0.05, 0.1) is 13.2 Å². The second-order valence-corrected chi connectivity index (χ2v) is 14.3. The van der Waals surface area contributed by atoms with Gasteiger partial charge in [0.2, 0.25) is 0 Å². The van der Waals surface area contributed by atoms with Gasteiger partial charge < -0.3 is 28.6 Å². The van der Waals surface area contributed by atoms with Crippen LogP contribution in [0.5, 0.6) is 0 Å². The molecule has 0 aliphatic heterocycles. The zero-order valence-electron chi connectivity index (χ0n) is 33.4. The van der Waals surface area contributed by atoms with Crippen molar-refractivity contribution < 1.29 is 33.3 Å². The maximum Gasteiger partial charge on any atom is 0.508 e. The molecule has 0 aromatic heterocycles. The lowest BCUT2D eigenvalue weighted by molar-refractivity contribution is -0.152. The highest BCUT2D eigenvalue weighted by Gasteiger charge is 2.18. The monoisotopic (exact) mass is 700 g/mol. The predicted octanol–water partition coefficient (Wildman–Crippen LogP) is 11.3. The van der Waals surface area contributed by atoms with Gasteiger partial charge in [0, 0.05) is 32.6 Å². The minimum Gasteiger partial charge on any atom is -0.466 e. The van der Waals surface area contributed by atoms with E-state index < -0.39 is 6.16 Å². The van der Waals surface area contributed by atoms with E-state index in [1.807, 2.05) is 14.1 Å². The van der Waals surface area contributed by atoms with Gasteiger partial charge in [-0.3, -0.25) is 4.79 Å². The molecule has 292 valence electrons. The molecule has 0 saturated heterocycles. The molecule has 0 fully saturated rings. The smallest absolute Gasteiger partial charge is 0.466 e. The van der Waals surface area contributed by atoms with Crippen molar-refractivity contribution in [3.8, 4) is 0 Å². The average Bonchev–Trinajstić information content (AvgIpc) is 3.09. The molecule has 0 aromatic rings. The predicted molar refractivity (Wildman–Crippen MR) is 203 cm³/mol. The third kappa shape index (κ3) is 31.1. The van der Waals surface area contributed by atoms with Crippen LogP contribution < -0.4 is 0 Å². The second kappa shape index (κ2) is 35.0. The Morgan fingerprint density at radius 3 is 1.59 bits per heavy atom. The molecule has 0 aliphatic rings. The Balaban J connectivity index is 4.59. The number of unbranched alkanes of at least 4 members (excludes halogenated alkanes) is 10. The number of carbonyl (C=O) groups excluding carboxylic acids is 2. The first kappa shape index (κ1) is 47.6. The van der Waals surface area contributed by atoms with Crippen LogP contribution in [-0.2, 0) is 28.5 Å². The Bertz CT molecular complexity index is 709. The fourth-order valence-corrected chi connectivity index (χ4v) is 6.13. The van der Waals surface area contributed by atoms with Crippen LogP contribution >= 0.6 is 0 Å². The molecule has 0 bridgehead atoms. The van der Waals surface area contributed by atoms with E-state index in [2.05, 4.69) is 39.5 Å². The average molecular weight is 700 g/mol. The van der Waals surface area contributed by atoms with Gasteiger partial charge in [0.25, 0.3) is 0 Å². The van der Waals surface area contributed by atoms with Crippen molar-refractivity contribution in [2.45, 2.75) is 195 Å². The highest BCUT2D eigenvalue weighted by Crippen LogP contribution is 2.19. The molecule has 0 heterocycles. The minimum absolute atomic E-state index is 0.204. The van der Waals surface area contributed by atoms with Gasteiger partial charge in [0.1, 0.15) is 6.10 Å². The van der Waals surface area contributed by atoms with Crippen molar-refractivity contribution in [1.82, 2.24) is 4.90 Å². The Labute approximate surface area is 303 Å². The number of hydrogen-bond acceptors (Lipinski definition) is 8. The Morgan fingerprint density at radius 2 is 1.06 bits per heavy atom. The summed E-state index contributed by atoms with van der Waals surface area (Å²) in [6.07, 6.45) is 23.0. The third-order valence-electron chi connectivity index (χ3n) is 9.85. The van der Waals surface area contributed by atoms with E-state index in [1.54, 1.807) is 0 Å². The van der Waals surface area contributed by atoms with Gasteiger partial charge in [0.15, 0.2) is 6.29 Å². The van der Waals surface area contributed by atoms with E-state index >= 15 is 0 Å². The van der Waals surface area contributed by atoms with Crippen LogP contribution in [0.15, 0.2) is 0 Å². The van der Waals surface area contributed by atoms with Crippen LogP contribution in [0.4, 0.5) is 4.79 Å². The SMILES string of the molecule is CCCCCCCCCCCCC(CCOC(=O)CCCCC(OCCC(CC)CC)OCCC(CC)CC)OC(=O)OCCCN(C)C. The van der Waals surface area contributed by atoms with Gasteiger partial charge in [-0.2, -0.15) is 0 Å². The Hall–Kier alpha value is -1.38. The summed E-state index contributed by atoms with van der Waals surface area (Å²) in [6.45, 7) is 14.1. The third-order valence-corrected chi connectivity index (χ3v) is 9.85. The van der Waals surface area contributed by atoms with Gasteiger partial charge >= 0.3 is 12.1 Å². The molecule has 0 rings (SSSR count). The van der Waals surface area contributed by atoms with Crippen molar-refractivity contribution in [2.24, 2.45) is 11.8 Å². The summed E-state index contributed by atoms with van der Waals surface area (Å²) in [5, 5.41) is 0. The zero-order valence-corrected chi connectivity index (χ0v) is 33.4. The lowest BCUT2D eigenvalue weighted by Gasteiger charge is -2.21. The van der Waals surface area contributed by atoms with Crippen molar-refractivity contribution in [3.63, 3.8) is 0 Å². The number of ether oxygens (including phenoxy) is 5. The summed E-state index contributed by atoms with van der Waals surface area (Å²) < 4.78 is 28.9. The van der Waals surface area contributed by atoms with Crippen LogP contribution in [0.2, 0.25) is 0 Å². The fourth-order valence-electron chi connectivity index (χ4n) is 6.13. The van der Waals surface area contributed by atoms with E-state index in [9.17, 15) is 9.59 Å². The van der Waals surface area contributed by atoms with Gasteiger partial charge in [-0.25, -0.2) is 4.79 Å². The van der Waals surface area contributed by atoms with Crippen molar-refractivity contribution in [3.05, 3.63) is 0 Å². The maximum absolute atomic E-state index is 12.6. The number of nitrogens with zero attached hydrogens (tertiary/aromatic N) is 1. The molecular formula is C41H81NO7. The van der Waals surface area contributed by atoms with E-state index in [4.69, 9.17) is 23.7 Å². The summed E-state index contributed by atoms with van der Waals surface area (Å²) >= 11 is 0. The molecule has 0 radical (unpaired) electrons. The van der Waals surface area contributed by atoms with Crippen LogP contribution in [0.25, 0.3) is 0 Å². The fraction of sp³-hybridized carbons (Fsp3) is 0.951. The number of esters is 1. The molecule has 0 aromatic carbocycles. The first-order valence-corrected chi connectivity index (χ1v) is 20.7. The first-order valence-electron chi connectivity index (χ1n) is 20.7. The topological polar surface area (TPSA) is 83.5 Å². The molecule has 8 nitrogen and oxygen atoms in total. The Kier molecular flexibility index (Phi) is 34.1. The molecule has 0 N–H and O–H groups in total. The van der Waals surface area contributed by atoms with Crippen LogP contribution in [0, 0.1) is 11.8 Å². The van der Waals surface area contributed by atoms with Crippen molar-refractivity contribution >= 4 is 12.1 Å². The van der Waals surface area contributed by atoms with E-state index in [1.165, 1.54) is 77.0 Å². The van der Waals surface area contributed by atoms with Crippen LogP contribution in [-0.4, -0.2) is 76.5 Å². The molecule has 1 atom stereocenters. The molecular weight excluding hydrogens is 618 g/mol. The highest BCUT2D eigenvalue weighted by molar-refractivity contribution is 5.69. The minimum atomic E-state index is -0.624. The van der Waals surface area contributed by atoms with E-state index in [-0.39, 0.29) is 25.0 Å². The molecule has 0 saturated carbocycles. The normalized spacial score (nSPS) is 12.4. The number of hydrogen-bond donors (Lipinski definition) is 0. The van der Waals surface area contributed by atoms with Gasteiger partial charge in [-0.15, -0.1) is 0 Å². The second-order valence-electron chi connectivity index (χ2n) is 14.3. The Morgan fingerprint density at radius 1 is 0.531 bits per heavy atom. The quantitative estimate of drug-likeness (QED) is 0.0363. The molecule has 0 amide bonds. The number of rotatable bonds is 36. The summed E-state index contributed by atoms with van der Waals surface area (Å²) in [6, 6.07) is 0. The molecule has 8 heteroatoms. The van der Waals surface area contributed by atoms with Crippen molar-refractivity contribution in [2.75, 3.05) is 47.1 Å². The summed E-state index contributed by atoms with van der Waals surface area (Å²) in [5.41, 5.74) is 0. The summed E-state index contributed by atoms with van der Waals surface area (Å²) in [7, 11) is 3.99.